The topological polar surface area (TPSA) is 61.8 Å². The second-order valence-corrected chi connectivity index (χ2v) is 7.19. The normalized spacial score (nSPS) is 41.0. The Morgan fingerprint density at radius 2 is 2.00 bits per heavy atom. The Morgan fingerprint density at radius 3 is 2.62 bits per heavy atom. The Bertz CT molecular complexity index is 458. The van der Waals surface area contributed by atoms with E-state index >= 15 is 0 Å². The molecule has 2 saturated carbocycles. The summed E-state index contributed by atoms with van der Waals surface area (Å²) in [4.78, 5) is 24.2. The van der Waals surface area contributed by atoms with Gasteiger partial charge in [0.25, 0.3) is 0 Å². The Balaban J connectivity index is 1.78. The first-order chi connectivity index (χ1) is 9.90. The molecule has 0 aromatic rings. The van der Waals surface area contributed by atoms with Crippen molar-refractivity contribution in [3.05, 3.63) is 0 Å². The molecule has 21 heavy (non-hydrogen) atoms. The lowest BCUT2D eigenvalue weighted by Crippen LogP contribution is -2.47. The van der Waals surface area contributed by atoms with Crippen LogP contribution in [0.4, 0.5) is 0 Å². The molecule has 0 amide bonds. The van der Waals surface area contributed by atoms with Gasteiger partial charge in [0.2, 0.25) is 0 Å². The number of rotatable bonds is 4. The lowest BCUT2D eigenvalue weighted by molar-refractivity contribution is -0.174. The lowest BCUT2D eigenvalue weighted by atomic mass is 9.78. The van der Waals surface area contributed by atoms with Gasteiger partial charge in [-0.3, -0.25) is 9.59 Å². The Hall–Kier alpha value is -1.10. The van der Waals surface area contributed by atoms with Crippen LogP contribution in [0.15, 0.2) is 0 Å². The summed E-state index contributed by atoms with van der Waals surface area (Å²) in [5.41, 5.74) is -0.485. The molecule has 6 atom stereocenters. The van der Waals surface area contributed by atoms with Crippen LogP contribution in [0.3, 0.4) is 0 Å². The number of methoxy groups -OCH3 is 1. The van der Waals surface area contributed by atoms with Crippen LogP contribution in [0.5, 0.6) is 0 Å². The SMILES string of the molecule is CCC(C)(C)C(=O)OC1C2CC(C1OC)C1C(=O)OCC21. The summed E-state index contributed by atoms with van der Waals surface area (Å²) in [6, 6.07) is 0. The number of carbonyl (C=O) groups excluding carboxylic acids is 2. The fourth-order valence-corrected chi connectivity index (χ4v) is 4.17. The molecule has 3 aliphatic rings. The summed E-state index contributed by atoms with van der Waals surface area (Å²) in [7, 11) is 1.63. The van der Waals surface area contributed by atoms with Gasteiger partial charge in [-0.2, -0.15) is 0 Å². The average Bonchev–Trinajstić information content (AvgIpc) is 3.10. The number of fused-ring (bicyclic) bond motifs is 5. The average molecular weight is 296 g/mol. The number of carbonyl (C=O) groups is 2. The van der Waals surface area contributed by atoms with Crippen LogP contribution >= 0.6 is 0 Å². The summed E-state index contributed by atoms with van der Waals surface area (Å²) in [6.07, 6.45) is 1.21. The van der Waals surface area contributed by atoms with E-state index in [-0.39, 0.29) is 47.8 Å². The van der Waals surface area contributed by atoms with Gasteiger partial charge >= 0.3 is 11.9 Å². The zero-order chi connectivity index (χ0) is 15.4. The molecule has 3 rings (SSSR count). The smallest absolute Gasteiger partial charge is 0.311 e. The standard InChI is InChI=1S/C16H24O5/c1-5-16(2,3)15(18)21-13-8-6-9(12(13)19-4)11-10(8)7-20-14(11)17/h8-13H,5-7H2,1-4H3. The Morgan fingerprint density at radius 1 is 1.29 bits per heavy atom. The first-order valence-corrected chi connectivity index (χ1v) is 7.81. The molecule has 0 N–H and O–H groups in total. The predicted octanol–water partition coefficient (Wildman–Crippen LogP) is 1.79. The van der Waals surface area contributed by atoms with Crippen molar-refractivity contribution >= 4 is 11.9 Å². The second-order valence-electron chi connectivity index (χ2n) is 7.19. The minimum Gasteiger partial charge on any atom is -0.465 e. The molecule has 0 radical (unpaired) electrons. The second kappa shape index (κ2) is 4.97. The van der Waals surface area contributed by atoms with Crippen LogP contribution < -0.4 is 0 Å². The highest BCUT2D eigenvalue weighted by molar-refractivity contribution is 5.77. The maximum Gasteiger partial charge on any atom is 0.311 e. The van der Waals surface area contributed by atoms with Gasteiger partial charge in [-0.1, -0.05) is 6.92 Å². The fourth-order valence-electron chi connectivity index (χ4n) is 4.17. The molecule has 0 aromatic heterocycles. The molecule has 1 saturated heterocycles. The molecule has 1 aliphatic heterocycles. The molecule has 5 nitrogen and oxygen atoms in total. The lowest BCUT2D eigenvalue weighted by Gasteiger charge is -2.36. The molecule has 118 valence electrons. The Kier molecular flexibility index (Phi) is 3.51. The van der Waals surface area contributed by atoms with Crippen LogP contribution in [0.2, 0.25) is 0 Å². The van der Waals surface area contributed by atoms with Crippen molar-refractivity contribution in [3.63, 3.8) is 0 Å². The molecule has 0 spiro atoms. The van der Waals surface area contributed by atoms with Crippen LogP contribution in [-0.2, 0) is 23.8 Å². The van der Waals surface area contributed by atoms with Crippen molar-refractivity contribution in [2.75, 3.05) is 13.7 Å². The maximum atomic E-state index is 12.4. The fraction of sp³-hybridized carbons (Fsp3) is 0.875. The summed E-state index contributed by atoms with van der Waals surface area (Å²) in [5, 5.41) is 0. The molecule has 6 unspecified atom stereocenters. The zero-order valence-corrected chi connectivity index (χ0v) is 13.1. The van der Waals surface area contributed by atoms with Gasteiger partial charge in [0.1, 0.15) is 6.10 Å². The molecule has 2 aliphatic carbocycles. The van der Waals surface area contributed by atoms with Crippen molar-refractivity contribution in [2.24, 2.45) is 29.1 Å². The maximum absolute atomic E-state index is 12.4. The third kappa shape index (κ3) is 2.08. The number of ether oxygens (including phenoxy) is 3. The van der Waals surface area contributed by atoms with Crippen molar-refractivity contribution in [3.8, 4) is 0 Å². The highest BCUT2D eigenvalue weighted by atomic mass is 16.6. The molecule has 0 aromatic carbocycles. The van der Waals surface area contributed by atoms with Gasteiger partial charge in [-0.15, -0.1) is 0 Å². The van der Waals surface area contributed by atoms with Crippen LogP contribution in [0.1, 0.15) is 33.6 Å². The number of cyclic esters (lactones) is 1. The van der Waals surface area contributed by atoms with Gasteiger partial charge in [-0.05, 0) is 26.7 Å². The van der Waals surface area contributed by atoms with Gasteiger partial charge in [0, 0.05) is 24.9 Å². The van der Waals surface area contributed by atoms with Gasteiger partial charge in [0.15, 0.2) is 0 Å². The highest BCUT2D eigenvalue weighted by Gasteiger charge is 2.65. The van der Waals surface area contributed by atoms with E-state index in [1.807, 2.05) is 20.8 Å². The number of esters is 2. The monoisotopic (exact) mass is 296 g/mol. The van der Waals surface area contributed by atoms with Crippen molar-refractivity contribution in [2.45, 2.75) is 45.8 Å². The number of hydrogen-bond acceptors (Lipinski definition) is 5. The molecular weight excluding hydrogens is 272 g/mol. The third-order valence-corrected chi connectivity index (χ3v) is 5.83. The first kappa shape index (κ1) is 14.8. The van der Waals surface area contributed by atoms with Gasteiger partial charge in [0.05, 0.1) is 24.0 Å². The van der Waals surface area contributed by atoms with Crippen molar-refractivity contribution in [1.29, 1.82) is 0 Å². The van der Waals surface area contributed by atoms with E-state index in [2.05, 4.69) is 0 Å². The first-order valence-electron chi connectivity index (χ1n) is 7.81. The van der Waals surface area contributed by atoms with E-state index in [1.165, 1.54) is 0 Å². The van der Waals surface area contributed by atoms with E-state index in [0.29, 0.717) is 6.61 Å². The van der Waals surface area contributed by atoms with E-state index < -0.39 is 5.41 Å². The molecule has 5 heteroatoms. The minimum atomic E-state index is -0.485. The largest absolute Gasteiger partial charge is 0.465 e. The van der Waals surface area contributed by atoms with E-state index in [9.17, 15) is 9.59 Å². The summed E-state index contributed by atoms with van der Waals surface area (Å²) < 4.78 is 16.6. The Labute approximate surface area is 125 Å². The molecule has 3 fully saturated rings. The molecule has 2 bridgehead atoms. The van der Waals surface area contributed by atoms with Crippen molar-refractivity contribution in [1.82, 2.24) is 0 Å². The third-order valence-electron chi connectivity index (χ3n) is 5.83. The predicted molar refractivity (Wildman–Crippen MR) is 74.3 cm³/mol. The molecule has 1 heterocycles. The number of hydrogen-bond donors (Lipinski definition) is 0. The van der Waals surface area contributed by atoms with E-state index in [1.54, 1.807) is 7.11 Å². The summed E-state index contributed by atoms with van der Waals surface area (Å²) in [6.45, 7) is 6.24. The molecular formula is C16H24O5. The van der Waals surface area contributed by atoms with E-state index in [0.717, 1.165) is 12.8 Å². The van der Waals surface area contributed by atoms with Crippen molar-refractivity contribution < 1.29 is 23.8 Å². The quantitative estimate of drug-likeness (QED) is 0.740. The van der Waals surface area contributed by atoms with Gasteiger partial charge < -0.3 is 14.2 Å². The van der Waals surface area contributed by atoms with Crippen LogP contribution in [0, 0.1) is 29.1 Å². The minimum absolute atomic E-state index is 0.0610. The zero-order valence-electron chi connectivity index (χ0n) is 13.1. The van der Waals surface area contributed by atoms with Crippen LogP contribution in [-0.4, -0.2) is 37.9 Å². The summed E-state index contributed by atoms with van der Waals surface area (Å²) in [5.74, 6) is 0.167. The summed E-state index contributed by atoms with van der Waals surface area (Å²) >= 11 is 0. The van der Waals surface area contributed by atoms with Gasteiger partial charge in [-0.25, -0.2) is 0 Å². The van der Waals surface area contributed by atoms with E-state index in [4.69, 9.17) is 14.2 Å². The highest BCUT2D eigenvalue weighted by Crippen LogP contribution is 2.57. The van der Waals surface area contributed by atoms with Crippen LogP contribution in [0.25, 0.3) is 0 Å².